The molecule has 1 aromatic rings. The van der Waals surface area contributed by atoms with Crippen molar-refractivity contribution in [3.63, 3.8) is 0 Å². The summed E-state index contributed by atoms with van der Waals surface area (Å²) >= 11 is 5.99. The molecule has 1 N–H and O–H groups in total. The fourth-order valence-electron chi connectivity index (χ4n) is 2.22. The normalized spacial score (nSPS) is 17.4. The fraction of sp³-hybridized carbons (Fsp3) is 0.462. The molecule has 1 aromatic carbocycles. The van der Waals surface area contributed by atoms with Gasteiger partial charge in [0.15, 0.2) is 0 Å². The van der Waals surface area contributed by atoms with Crippen LogP contribution in [0.2, 0.25) is 5.02 Å². The lowest BCUT2D eigenvalue weighted by molar-refractivity contribution is 0.0850. The quantitative estimate of drug-likeness (QED) is 0.862. The van der Waals surface area contributed by atoms with E-state index < -0.39 is 9.05 Å². The highest BCUT2D eigenvalue weighted by Crippen LogP contribution is 2.32. The Balaban J connectivity index is 2.38. The Labute approximate surface area is 127 Å². The molecule has 0 aliphatic heterocycles. The van der Waals surface area contributed by atoms with E-state index in [-0.39, 0.29) is 26.9 Å². The summed E-state index contributed by atoms with van der Waals surface area (Å²) < 4.78 is 23.0. The van der Waals surface area contributed by atoms with Crippen molar-refractivity contribution in [2.45, 2.75) is 43.5 Å². The molecule has 0 unspecified atom stereocenters. The van der Waals surface area contributed by atoms with E-state index in [0.717, 1.165) is 19.3 Å². The SMILES string of the molecule is Cc1c(Cl)cc(C(=O)NC2(C)CCC2)cc1S(=O)(=O)Cl. The lowest BCUT2D eigenvalue weighted by Gasteiger charge is -2.39. The number of benzene rings is 1. The number of hydrogen-bond acceptors (Lipinski definition) is 3. The molecule has 0 aromatic heterocycles. The second-order valence-electron chi connectivity index (χ2n) is 5.39. The molecule has 0 spiro atoms. The van der Waals surface area contributed by atoms with Gasteiger partial charge >= 0.3 is 0 Å². The number of halogens is 2. The number of hydrogen-bond donors (Lipinski definition) is 1. The Hall–Kier alpha value is -0.780. The van der Waals surface area contributed by atoms with Gasteiger partial charge in [-0.3, -0.25) is 4.79 Å². The highest BCUT2D eigenvalue weighted by Gasteiger charge is 2.33. The van der Waals surface area contributed by atoms with Crippen LogP contribution in [-0.4, -0.2) is 19.9 Å². The number of nitrogens with one attached hydrogen (secondary N) is 1. The van der Waals surface area contributed by atoms with Crippen molar-refractivity contribution < 1.29 is 13.2 Å². The van der Waals surface area contributed by atoms with Gasteiger partial charge in [-0.1, -0.05) is 11.6 Å². The Morgan fingerprint density at radius 2 is 1.95 bits per heavy atom. The molecule has 0 atom stereocenters. The van der Waals surface area contributed by atoms with Crippen LogP contribution < -0.4 is 5.32 Å². The Kier molecular flexibility index (Phi) is 4.06. The Bertz CT molecular complexity index is 666. The lowest BCUT2D eigenvalue weighted by Crippen LogP contribution is -2.50. The van der Waals surface area contributed by atoms with Crippen LogP contribution in [0.25, 0.3) is 0 Å². The van der Waals surface area contributed by atoms with Gasteiger partial charge in [0, 0.05) is 26.8 Å². The topological polar surface area (TPSA) is 63.2 Å². The summed E-state index contributed by atoms with van der Waals surface area (Å²) in [7, 11) is 1.43. The summed E-state index contributed by atoms with van der Waals surface area (Å²) in [4.78, 5) is 12.1. The molecule has 1 aliphatic carbocycles. The summed E-state index contributed by atoms with van der Waals surface area (Å²) in [6, 6.07) is 2.72. The zero-order chi connectivity index (χ0) is 15.1. The van der Waals surface area contributed by atoms with Crippen molar-refractivity contribution in [2.75, 3.05) is 0 Å². The molecule has 0 saturated heterocycles. The summed E-state index contributed by atoms with van der Waals surface area (Å²) in [6.07, 6.45) is 2.91. The maximum Gasteiger partial charge on any atom is 0.261 e. The molecule has 0 radical (unpaired) electrons. The van der Waals surface area contributed by atoms with Crippen LogP contribution in [0.3, 0.4) is 0 Å². The molecular formula is C13H15Cl2NO3S. The first kappa shape index (κ1) is 15.6. The molecule has 4 nitrogen and oxygen atoms in total. The molecule has 7 heteroatoms. The zero-order valence-electron chi connectivity index (χ0n) is 11.2. The van der Waals surface area contributed by atoms with Crippen LogP contribution in [0.5, 0.6) is 0 Å². The van der Waals surface area contributed by atoms with Crippen molar-refractivity contribution in [2.24, 2.45) is 0 Å². The van der Waals surface area contributed by atoms with Crippen LogP contribution in [-0.2, 0) is 9.05 Å². The van der Waals surface area contributed by atoms with Gasteiger partial charge in [0.25, 0.3) is 15.0 Å². The van der Waals surface area contributed by atoms with E-state index in [1.165, 1.54) is 12.1 Å². The van der Waals surface area contributed by atoms with Gasteiger partial charge in [-0.25, -0.2) is 8.42 Å². The van der Waals surface area contributed by atoms with Crippen molar-refractivity contribution >= 4 is 37.2 Å². The van der Waals surface area contributed by atoms with E-state index in [1.807, 2.05) is 6.92 Å². The first-order valence-electron chi connectivity index (χ1n) is 6.20. The van der Waals surface area contributed by atoms with Gasteiger partial charge in [0.2, 0.25) is 0 Å². The van der Waals surface area contributed by atoms with Crippen LogP contribution in [0.1, 0.15) is 42.1 Å². The number of rotatable bonds is 3. The largest absolute Gasteiger partial charge is 0.347 e. The van der Waals surface area contributed by atoms with Gasteiger partial charge in [-0.2, -0.15) is 0 Å². The lowest BCUT2D eigenvalue weighted by atomic mass is 9.78. The summed E-state index contributed by atoms with van der Waals surface area (Å²) in [5, 5.41) is 3.10. The minimum absolute atomic E-state index is 0.129. The third-order valence-corrected chi connectivity index (χ3v) is 5.53. The molecule has 20 heavy (non-hydrogen) atoms. The van der Waals surface area contributed by atoms with E-state index in [0.29, 0.717) is 5.56 Å². The molecule has 1 aliphatic rings. The molecule has 1 fully saturated rings. The van der Waals surface area contributed by atoms with E-state index in [2.05, 4.69) is 5.32 Å². The highest BCUT2D eigenvalue weighted by atomic mass is 35.7. The monoisotopic (exact) mass is 335 g/mol. The second-order valence-corrected chi connectivity index (χ2v) is 8.33. The van der Waals surface area contributed by atoms with Crippen molar-refractivity contribution in [3.8, 4) is 0 Å². The third-order valence-electron chi connectivity index (χ3n) is 3.69. The standard InChI is InChI=1S/C13H15Cl2NO3S/c1-8-10(14)6-9(7-11(8)20(15,18)19)12(17)16-13(2)4-3-5-13/h6-7H,3-5H2,1-2H3,(H,16,17). The molecule has 0 bridgehead atoms. The van der Waals surface area contributed by atoms with E-state index in [1.54, 1.807) is 6.92 Å². The smallest absolute Gasteiger partial charge is 0.261 e. The second kappa shape index (κ2) is 5.20. The summed E-state index contributed by atoms with van der Waals surface area (Å²) in [6.45, 7) is 3.51. The van der Waals surface area contributed by atoms with Crippen LogP contribution >= 0.6 is 22.3 Å². The average Bonchev–Trinajstić information content (AvgIpc) is 2.28. The average molecular weight is 336 g/mol. The van der Waals surface area contributed by atoms with Gasteiger partial charge in [0.05, 0.1) is 4.90 Å². The first-order valence-corrected chi connectivity index (χ1v) is 8.88. The maximum absolute atomic E-state index is 12.2. The van der Waals surface area contributed by atoms with Crippen LogP contribution in [0, 0.1) is 6.92 Å². The third kappa shape index (κ3) is 3.10. The minimum atomic E-state index is -3.94. The van der Waals surface area contributed by atoms with Gasteiger partial charge in [-0.15, -0.1) is 0 Å². The summed E-state index contributed by atoms with van der Waals surface area (Å²) in [5.41, 5.74) is 0.329. The zero-order valence-corrected chi connectivity index (χ0v) is 13.5. The Morgan fingerprint density at radius 1 is 1.35 bits per heavy atom. The maximum atomic E-state index is 12.2. The van der Waals surface area contributed by atoms with Crippen molar-refractivity contribution in [1.82, 2.24) is 5.32 Å². The Morgan fingerprint density at radius 3 is 2.40 bits per heavy atom. The van der Waals surface area contributed by atoms with Gasteiger partial charge < -0.3 is 5.32 Å². The number of amides is 1. The van der Waals surface area contributed by atoms with E-state index in [9.17, 15) is 13.2 Å². The molecular weight excluding hydrogens is 321 g/mol. The predicted molar refractivity (Wildman–Crippen MR) is 79.0 cm³/mol. The number of carbonyl (C=O) groups is 1. The van der Waals surface area contributed by atoms with Crippen LogP contribution in [0.15, 0.2) is 17.0 Å². The molecule has 1 amide bonds. The molecule has 0 heterocycles. The number of carbonyl (C=O) groups excluding carboxylic acids is 1. The van der Waals surface area contributed by atoms with Crippen molar-refractivity contribution in [3.05, 3.63) is 28.3 Å². The molecule has 1 saturated carbocycles. The van der Waals surface area contributed by atoms with E-state index in [4.69, 9.17) is 22.3 Å². The molecule has 2 rings (SSSR count). The van der Waals surface area contributed by atoms with Crippen LogP contribution in [0.4, 0.5) is 0 Å². The van der Waals surface area contributed by atoms with Gasteiger partial charge in [0.1, 0.15) is 0 Å². The predicted octanol–water partition coefficient (Wildman–Crippen LogP) is 3.25. The minimum Gasteiger partial charge on any atom is -0.347 e. The van der Waals surface area contributed by atoms with Crippen molar-refractivity contribution in [1.29, 1.82) is 0 Å². The van der Waals surface area contributed by atoms with Gasteiger partial charge in [-0.05, 0) is 50.8 Å². The summed E-state index contributed by atoms with van der Waals surface area (Å²) in [5.74, 6) is -0.337. The fourth-order valence-corrected chi connectivity index (χ4v) is 3.72. The first-order chi connectivity index (χ1) is 9.12. The van der Waals surface area contributed by atoms with E-state index >= 15 is 0 Å². The highest BCUT2D eigenvalue weighted by molar-refractivity contribution is 8.13. The molecule has 110 valence electrons.